The molecule has 1 aliphatic rings. The molecule has 1 heterocycles. The Morgan fingerprint density at radius 2 is 1.93 bits per heavy atom. The fraction of sp³-hybridized carbons (Fsp3) is 0.875. The Kier molecular flexibility index (Phi) is 5.29. The van der Waals surface area contributed by atoms with Gasteiger partial charge in [-0.3, -0.25) is 4.79 Å². The molecule has 1 N–H and O–H groups in total. The molecule has 0 saturated carbocycles. The minimum Gasteiger partial charge on any atom is -0.468 e. The number of methoxy groups -OCH3 is 1. The van der Waals surface area contributed by atoms with E-state index in [1.54, 1.807) is 0 Å². The van der Waals surface area contributed by atoms with Crippen LogP contribution in [-0.4, -0.2) is 32.6 Å². The molecule has 84 valence electrons. The highest BCUT2D eigenvalue weighted by Crippen LogP contribution is 2.36. The van der Waals surface area contributed by atoms with Gasteiger partial charge in [-0.2, -0.15) is 0 Å². The number of carbonyl (C=O) groups excluding carboxylic acids is 1. The molecule has 6 heteroatoms. The molecular formula is C8H14ClF2NO2. The molecular weight excluding hydrogens is 216 g/mol. The van der Waals surface area contributed by atoms with Crippen LogP contribution in [0.25, 0.3) is 0 Å². The lowest BCUT2D eigenvalue weighted by atomic mass is 9.79. The van der Waals surface area contributed by atoms with E-state index in [4.69, 9.17) is 0 Å². The molecule has 0 radical (unpaired) electrons. The van der Waals surface area contributed by atoms with E-state index in [0.29, 0.717) is 13.1 Å². The van der Waals surface area contributed by atoms with Gasteiger partial charge in [0.15, 0.2) is 0 Å². The first kappa shape index (κ1) is 13.6. The van der Waals surface area contributed by atoms with Crippen LogP contribution in [0.4, 0.5) is 8.78 Å². The second-order valence-electron chi connectivity index (χ2n) is 3.20. The number of carbonyl (C=O) groups is 1. The number of alkyl halides is 2. The van der Waals surface area contributed by atoms with Crippen molar-refractivity contribution in [3.63, 3.8) is 0 Å². The fourth-order valence-electron chi connectivity index (χ4n) is 1.59. The molecule has 0 amide bonds. The van der Waals surface area contributed by atoms with Gasteiger partial charge in [0.05, 0.1) is 7.11 Å². The predicted octanol–water partition coefficient (Wildman–Crippen LogP) is 1.22. The van der Waals surface area contributed by atoms with E-state index < -0.39 is 17.8 Å². The molecule has 0 aromatic rings. The van der Waals surface area contributed by atoms with E-state index in [9.17, 15) is 13.6 Å². The minimum absolute atomic E-state index is 0. The van der Waals surface area contributed by atoms with E-state index in [2.05, 4.69) is 10.1 Å². The molecule has 3 nitrogen and oxygen atoms in total. The molecule has 0 spiro atoms. The molecule has 0 aromatic heterocycles. The van der Waals surface area contributed by atoms with Gasteiger partial charge in [-0.05, 0) is 25.9 Å². The Morgan fingerprint density at radius 3 is 2.29 bits per heavy atom. The third kappa shape index (κ3) is 2.33. The van der Waals surface area contributed by atoms with Crippen LogP contribution >= 0.6 is 12.4 Å². The molecule has 0 atom stereocenters. The summed E-state index contributed by atoms with van der Waals surface area (Å²) >= 11 is 0. The lowest BCUT2D eigenvalue weighted by Crippen LogP contribution is -2.47. The molecule has 1 saturated heterocycles. The zero-order chi connectivity index (χ0) is 9.90. The van der Waals surface area contributed by atoms with Gasteiger partial charge in [0.2, 0.25) is 0 Å². The molecule has 1 rings (SSSR count). The highest BCUT2D eigenvalue weighted by Gasteiger charge is 2.48. The summed E-state index contributed by atoms with van der Waals surface area (Å²) in [6, 6.07) is 0. The molecule has 0 aliphatic carbocycles. The number of hydrogen-bond donors (Lipinski definition) is 1. The van der Waals surface area contributed by atoms with Crippen LogP contribution < -0.4 is 5.32 Å². The smallest absolute Gasteiger partial charge is 0.317 e. The van der Waals surface area contributed by atoms with E-state index in [-0.39, 0.29) is 25.2 Å². The predicted molar refractivity (Wildman–Crippen MR) is 49.8 cm³/mol. The molecule has 1 aliphatic heterocycles. The number of rotatable bonds is 2. The lowest BCUT2D eigenvalue weighted by molar-refractivity contribution is -0.166. The normalized spacial score (nSPS) is 20.0. The average Bonchev–Trinajstić information content (AvgIpc) is 2.17. The number of piperidine rings is 1. The quantitative estimate of drug-likeness (QED) is 0.724. The topological polar surface area (TPSA) is 38.3 Å². The van der Waals surface area contributed by atoms with Crippen LogP contribution in [0.2, 0.25) is 0 Å². The Labute approximate surface area is 87.6 Å². The summed E-state index contributed by atoms with van der Waals surface area (Å²) < 4.78 is 29.8. The van der Waals surface area contributed by atoms with Gasteiger partial charge in [-0.1, -0.05) is 0 Å². The van der Waals surface area contributed by atoms with Gasteiger partial charge in [-0.25, -0.2) is 8.78 Å². The van der Waals surface area contributed by atoms with Gasteiger partial charge in [0.1, 0.15) is 5.41 Å². The lowest BCUT2D eigenvalue weighted by Gasteiger charge is -2.33. The second-order valence-corrected chi connectivity index (χ2v) is 3.20. The van der Waals surface area contributed by atoms with E-state index >= 15 is 0 Å². The van der Waals surface area contributed by atoms with Gasteiger partial charge in [0.25, 0.3) is 6.43 Å². The number of halogens is 3. The Balaban J connectivity index is 0.00000169. The number of esters is 1. The van der Waals surface area contributed by atoms with Crippen molar-refractivity contribution in [3.05, 3.63) is 0 Å². The summed E-state index contributed by atoms with van der Waals surface area (Å²) in [5, 5.41) is 2.93. The average molecular weight is 230 g/mol. The van der Waals surface area contributed by atoms with Crippen molar-refractivity contribution in [2.45, 2.75) is 19.3 Å². The van der Waals surface area contributed by atoms with Crippen molar-refractivity contribution >= 4 is 18.4 Å². The maximum atomic E-state index is 12.7. The zero-order valence-corrected chi connectivity index (χ0v) is 8.70. The van der Waals surface area contributed by atoms with Crippen molar-refractivity contribution in [1.29, 1.82) is 0 Å². The van der Waals surface area contributed by atoms with E-state index in [1.165, 1.54) is 0 Å². The first-order chi connectivity index (χ1) is 6.13. The van der Waals surface area contributed by atoms with Crippen molar-refractivity contribution in [3.8, 4) is 0 Å². The summed E-state index contributed by atoms with van der Waals surface area (Å²) in [6.07, 6.45) is -2.34. The number of nitrogens with one attached hydrogen (secondary N) is 1. The summed E-state index contributed by atoms with van der Waals surface area (Å²) in [6.45, 7) is 0.888. The summed E-state index contributed by atoms with van der Waals surface area (Å²) in [5.74, 6) is -0.788. The van der Waals surface area contributed by atoms with E-state index in [0.717, 1.165) is 7.11 Å². The van der Waals surface area contributed by atoms with Crippen LogP contribution in [0.1, 0.15) is 12.8 Å². The highest BCUT2D eigenvalue weighted by molar-refractivity contribution is 5.85. The molecule has 0 aromatic carbocycles. The monoisotopic (exact) mass is 229 g/mol. The summed E-state index contributed by atoms with van der Waals surface area (Å²) in [4.78, 5) is 11.2. The first-order valence-electron chi connectivity index (χ1n) is 4.21. The third-order valence-corrected chi connectivity index (χ3v) is 2.51. The van der Waals surface area contributed by atoms with Crippen LogP contribution in [0.5, 0.6) is 0 Å². The van der Waals surface area contributed by atoms with Crippen molar-refractivity contribution in [1.82, 2.24) is 5.32 Å². The van der Waals surface area contributed by atoms with Gasteiger partial charge in [0, 0.05) is 0 Å². The van der Waals surface area contributed by atoms with Gasteiger partial charge in [-0.15, -0.1) is 12.4 Å². The van der Waals surface area contributed by atoms with Gasteiger partial charge < -0.3 is 10.1 Å². The minimum atomic E-state index is -2.64. The number of hydrogen-bond acceptors (Lipinski definition) is 3. The van der Waals surface area contributed by atoms with Crippen LogP contribution in [-0.2, 0) is 9.53 Å². The fourth-order valence-corrected chi connectivity index (χ4v) is 1.59. The summed E-state index contributed by atoms with van der Waals surface area (Å²) in [5.41, 5.74) is -1.57. The maximum Gasteiger partial charge on any atom is 0.317 e. The molecule has 0 bridgehead atoms. The Hall–Kier alpha value is -0.420. The van der Waals surface area contributed by atoms with E-state index in [1.807, 2.05) is 0 Å². The van der Waals surface area contributed by atoms with Crippen molar-refractivity contribution in [2.24, 2.45) is 5.41 Å². The number of ether oxygens (including phenoxy) is 1. The largest absolute Gasteiger partial charge is 0.468 e. The first-order valence-corrected chi connectivity index (χ1v) is 4.21. The molecule has 0 unspecified atom stereocenters. The Morgan fingerprint density at radius 1 is 1.43 bits per heavy atom. The zero-order valence-electron chi connectivity index (χ0n) is 7.89. The standard InChI is InChI=1S/C8H13F2NO2.ClH/c1-13-7(12)8(6(9)10)2-4-11-5-3-8;/h6,11H,2-5H2,1H3;1H. The second kappa shape index (κ2) is 5.46. The van der Waals surface area contributed by atoms with Crippen LogP contribution in [0.3, 0.4) is 0 Å². The summed E-state index contributed by atoms with van der Waals surface area (Å²) in [7, 11) is 1.15. The van der Waals surface area contributed by atoms with Crippen molar-refractivity contribution < 1.29 is 18.3 Å². The van der Waals surface area contributed by atoms with Crippen LogP contribution in [0, 0.1) is 5.41 Å². The highest BCUT2D eigenvalue weighted by atomic mass is 35.5. The Bertz CT molecular complexity index is 196. The SMILES string of the molecule is COC(=O)C1(C(F)F)CCNCC1.Cl. The third-order valence-electron chi connectivity index (χ3n) is 2.51. The van der Waals surface area contributed by atoms with Gasteiger partial charge >= 0.3 is 5.97 Å². The molecule has 1 fully saturated rings. The van der Waals surface area contributed by atoms with Crippen molar-refractivity contribution in [2.75, 3.05) is 20.2 Å². The van der Waals surface area contributed by atoms with Crippen LogP contribution in [0.15, 0.2) is 0 Å². The maximum absolute atomic E-state index is 12.7. The molecule has 14 heavy (non-hydrogen) atoms.